The first-order valence-corrected chi connectivity index (χ1v) is 10.7. The fourth-order valence-corrected chi connectivity index (χ4v) is 4.21. The standard InChI is InChI=1S/C23H11Cl2F3N2OS/c24-16-4-5-17(18(25)10-16)20-6-7-21(31-20)19-12-32-22(30-19)14(11-29)8-13-2-1-3-15(9-13)23(26,27)28/h1-10,12H. The molecule has 0 aliphatic carbocycles. The predicted molar refractivity (Wildman–Crippen MR) is 120 cm³/mol. The molecule has 3 nitrogen and oxygen atoms in total. The van der Waals surface area contributed by atoms with Crippen LogP contribution < -0.4 is 0 Å². The summed E-state index contributed by atoms with van der Waals surface area (Å²) in [6.45, 7) is 0. The summed E-state index contributed by atoms with van der Waals surface area (Å²) in [7, 11) is 0. The summed E-state index contributed by atoms with van der Waals surface area (Å²) in [5, 5.41) is 12.5. The zero-order valence-electron chi connectivity index (χ0n) is 16.0. The third kappa shape index (κ3) is 4.73. The lowest BCUT2D eigenvalue weighted by Crippen LogP contribution is -2.04. The number of rotatable bonds is 4. The molecule has 9 heteroatoms. The monoisotopic (exact) mass is 490 g/mol. The van der Waals surface area contributed by atoms with Crippen molar-refractivity contribution in [1.29, 1.82) is 5.26 Å². The molecule has 0 saturated carbocycles. The molecular weight excluding hydrogens is 480 g/mol. The van der Waals surface area contributed by atoms with Crippen molar-refractivity contribution in [2.45, 2.75) is 6.18 Å². The largest absolute Gasteiger partial charge is 0.454 e. The number of hydrogen-bond acceptors (Lipinski definition) is 4. The summed E-state index contributed by atoms with van der Waals surface area (Å²) in [4.78, 5) is 4.42. The highest BCUT2D eigenvalue weighted by atomic mass is 35.5. The van der Waals surface area contributed by atoms with Gasteiger partial charge in [-0.15, -0.1) is 11.3 Å². The normalized spacial score (nSPS) is 12.1. The molecule has 4 aromatic rings. The summed E-state index contributed by atoms with van der Waals surface area (Å²) < 4.78 is 44.7. The van der Waals surface area contributed by atoms with Crippen LogP contribution in [0.15, 0.2) is 64.4 Å². The number of thiazole rings is 1. The summed E-state index contributed by atoms with van der Waals surface area (Å²) >= 11 is 13.3. The van der Waals surface area contributed by atoms with Gasteiger partial charge in [0.15, 0.2) is 5.76 Å². The Bertz CT molecular complexity index is 1370. The maximum atomic E-state index is 12.9. The summed E-state index contributed by atoms with van der Waals surface area (Å²) in [5.74, 6) is 0.987. The molecule has 2 heterocycles. The smallest absolute Gasteiger partial charge is 0.416 e. The summed E-state index contributed by atoms with van der Waals surface area (Å²) in [5.41, 5.74) is 0.776. The molecule has 0 atom stereocenters. The Morgan fingerprint density at radius 1 is 1.06 bits per heavy atom. The van der Waals surface area contributed by atoms with E-state index in [4.69, 9.17) is 27.6 Å². The SMILES string of the molecule is N#CC(=Cc1cccc(C(F)(F)F)c1)c1nc(-c2ccc(-c3ccc(Cl)cc3Cl)o2)cs1. The van der Waals surface area contributed by atoms with Gasteiger partial charge < -0.3 is 4.42 Å². The number of furan rings is 1. The average Bonchev–Trinajstić information content (AvgIpc) is 3.41. The molecule has 160 valence electrons. The number of alkyl halides is 3. The Hall–Kier alpha value is -3.05. The second kappa shape index (κ2) is 8.83. The van der Waals surface area contributed by atoms with Crippen LogP contribution in [0.4, 0.5) is 13.2 Å². The highest BCUT2D eigenvalue weighted by Crippen LogP contribution is 2.35. The van der Waals surface area contributed by atoms with E-state index < -0.39 is 11.7 Å². The van der Waals surface area contributed by atoms with E-state index in [1.54, 1.807) is 35.7 Å². The van der Waals surface area contributed by atoms with E-state index in [1.807, 2.05) is 6.07 Å². The number of benzene rings is 2. The Morgan fingerprint density at radius 2 is 1.84 bits per heavy atom. The molecule has 32 heavy (non-hydrogen) atoms. The molecule has 0 spiro atoms. The van der Waals surface area contributed by atoms with Crippen LogP contribution in [0.25, 0.3) is 34.4 Å². The van der Waals surface area contributed by atoms with Crippen molar-refractivity contribution in [2.75, 3.05) is 0 Å². The quantitative estimate of drug-likeness (QED) is 0.269. The molecule has 0 radical (unpaired) electrons. The van der Waals surface area contributed by atoms with Gasteiger partial charge in [0.25, 0.3) is 0 Å². The maximum Gasteiger partial charge on any atom is 0.416 e. The Balaban J connectivity index is 1.63. The third-order valence-electron chi connectivity index (χ3n) is 4.44. The van der Waals surface area contributed by atoms with Crippen LogP contribution in [0.3, 0.4) is 0 Å². The first-order valence-electron chi connectivity index (χ1n) is 9.05. The van der Waals surface area contributed by atoms with Gasteiger partial charge in [-0.1, -0.05) is 35.3 Å². The molecule has 0 amide bonds. The third-order valence-corrected chi connectivity index (χ3v) is 5.86. The second-order valence-electron chi connectivity index (χ2n) is 6.62. The zero-order valence-corrected chi connectivity index (χ0v) is 18.3. The van der Waals surface area contributed by atoms with E-state index >= 15 is 0 Å². The second-order valence-corrected chi connectivity index (χ2v) is 8.32. The molecular formula is C23H11Cl2F3N2OS. The molecule has 0 fully saturated rings. The van der Waals surface area contributed by atoms with Crippen molar-refractivity contribution in [1.82, 2.24) is 4.98 Å². The van der Waals surface area contributed by atoms with Crippen LogP contribution in [0.5, 0.6) is 0 Å². The first-order chi connectivity index (χ1) is 15.2. The van der Waals surface area contributed by atoms with E-state index in [9.17, 15) is 18.4 Å². The molecule has 0 unspecified atom stereocenters. The number of nitriles is 1. The lowest BCUT2D eigenvalue weighted by atomic mass is 10.1. The van der Waals surface area contributed by atoms with Crippen LogP contribution in [0.2, 0.25) is 10.0 Å². The van der Waals surface area contributed by atoms with Crippen LogP contribution in [-0.2, 0) is 6.18 Å². The molecule has 2 aromatic carbocycles. The minimum atomic E-state index is -4.46. The van der Waals surface area contributed by atoms with E-state index in [0.29, 0.717) is 37.8 Å². The Morgan fingerprint density at radius 3 is 2.56 bits per heavy atom. The van der Waals surface area contributed by atoms with E-state index in [-0.39, 0.29) is 11.1 Å². The minimum Gasteiger partial charge on any atom is -0.454 e. The van der Waals surface area contributed by atoms with Crippen LogP contribution in [0.1, 0.15) is 16.1 Å². The first kappa shape index (κ1) is 22.2. The number of halogens is 5. The van der Waals surface area contributed by atoms with Crippen molar-refractivity contribution in [3.05, 3.63) is 86.2 Å². The zero-order chi connectivity index (χ0) is 22.9. The molecule has 0 aliphatic heterocycles. The molecule has 2 aromatic heterocycles. The number of hydrogen-bond donors (Lipinski definition) is 0. The van der Waals surface area contributed by atoms with E-state index in [0.717, 1.165) is 12.1 Å². The summed E-state index contributed by atoms with van der Waals surface area (Å²) in [6, 6.07) is 15.3. The van der Waals surface area contributed by atoms with Crippen molar-refractivity contribution in [3.8, 4) is 28.8 Å². The van der Waals surface area contributed by atoms with Gasteiger partial charge in [-0.2, -0.15) is 18.4 Å². The molecule has 0 aliphatic rings. The maximum absolute atomic E-state index is 12.9. The van der Waals surface area contributed by atoms with Crippen molar-refractivity contribution < 1.29 is 17.6 Å². The van der Waals surface area contributed by atoms with Crippen LogP contribution >= 0.6 is 34.5 Å². The van der Waals surface area contributed by atoms with Gasteiger partial charge >= 0.3 is 6.18 Å². The number of aromatic nitrogens is 1. The molecule has 0 saturated heterocycles. The lowest BCUT2D eigenvalue weighted by Gasteiger charge is -2.06. The van der Waals surface area contributed by atoms with Crippen LogP contribution in [0, 0.1) is 11.3 Å². The van der Waals surface area contributed by atoms with Gasteiger partial charge in [-0.05, 0) is 54.1 Å². The van der Waals surface area contributed by atoms with Crippen LogP contribution in [-0.4, -0.2) is 4.98 Å². The van der Waals surface area contributed by atoms with Gasteiger partial charge in [0, 0.05) is 16.0 Å². The molecule has 0 bridgehead atoms. The molecule has 4 rings (SSSR count). The Kier molecular flexibility index (Phi) is 6.11. The van der Waals surface area contributed by atoms with Gasteiger partial charge in [-0.3, -0.25) is 0 Å². The fourth-order valence-electron chi connectivity index (χ4n) is 2.93. The topological polar surface area (TPSA) is 49.8 Å². The van der Waals surface area contributed by atoms with E-state index in [2.05, 4.69) is 4.98 Å². The summed E-state index contributed by atoms with van der Waals surface area (Å²) in [6.07, 6.45) is -3.09. The average molecular weight is 491 g/mol. The van der Waals surface area contributed by atoms with Crippen molar-refractivity contribution in [2.24, 2.45) is 0 Å². The lowest BCUT2D eigenvalue weighted by molar-refractivity contribution is -0.137. The van der Waals surface area contributed by atoms with E-state index in [1.165, 1.54) is 29.5 Å². The number of nitrogens with zero attached hydrogens (tertiary/aromatic N) is 2. The van der Waals surface area contributed by atoms with Crippen molar-refractivity contribution in [3.63, 3.8) is 0 Å². The Labute approximate surface area is 195 Å². The van der Waals surface area contributed by atoms with Gasteiger partial charge in [-0.25, -0.2) is 4.98 Å². The highest BCUT2D eigenvalue weighted by molar-refractivity contribution is 7.11. The molecule has 0 N–H and O–H groups in total. The highest BCUT2D eigenvalue weighted by Gasteiger charge is 2.30. The van der Waals surface area contributed by atoms with Gasteiger partial charge in [0.1, 0.15) is 22.5 Å². The predicted octanol–water partition coefficient (Wildman–Crippen LogP) is 8.46. The van der Waals surface area contributed by atoms with Gasteiger partial charge in [0.2, 0.25) is 0 Å². The number of allylic oxidation sites excluding steroid dienone is 1. The van der Waals surface area contributed by atoms with Gasteiger partial charge in [0.05, 0.1) is 16.2 Å². The minimum absolute atomic E-state index is 0.146. The van der Waals surface area contributed by atoms with Crippen molar-refractivity contribution >= 4 is 46.2 Å². The fraction of sp³-hybridized carbons (Fsp3) is 0.0435.